The topological polar surface area (TPSA) is 61.1 Å². The lowest BCUT2D eigenvalue weighted by Crippen LogP contribution is -2.38. The number of Topliss-reactive ketones (excluding diaryl/α,β-unsaturated/α-hetero) is 1. The van der Waals surface area contributed by atoms with E-state index >= 15 is 0 Å². The number of aromatic nitrogens is 2. The molecule has 1 rings (SSSR count). The SMILES string of the molecule is CC(=O)CCc1cn(C)c(=O)n(C)c1=O. The molecule has 0 unspecified atom stereocenters. The zero-order chi connectivity index (χ0) is 11.6. The van der Waals surface area contributed by atoms with Crippen molar-refractivity contribution in [1.29, 1.82) is 0 Å². The van der Waals surface area contributed by atoms with Gasteiger partial charge < -0.3 is 9.36 Å². The van der Waals surface area contributed by atoms with Crippen molar-refractivity contribution in [3.8, 4) is 0 Å². The maximum absolute atomic E-state index is 11.6. The molecule has 0 fully saturated rings. The summed E-state index contributed by atoms with van der Waals surface area (Å²) in [6.45, 7) is 1.48. The summed E-state index contributed by atoms with van der Waals surface area (Å²) in [6, 6.07) is 0. The highest BCUT2D eigenvalue weighted by Crippen LogP contribution is 1.95. The summed E-state index contributed by atoms with van der Waals surface area (Å²) in [4.78, 5) is 33.7. The summed E-state index contributed by atoms with van der Waals surface area (Å²) in [7, 11) is 3.01. The molecular weight excluding hydrogens is 196 g/mol. The Bertz CT molecular complexity index is 496. The van der Waals surface area contributed by atoms with Crippen molar-refractivity contribution in [2.24, 2.45) is 14.1 Å². The van der Waals surface area contributed by atoms with Gasteiger partial charge in [0.05, 0.1) is 0 Å². The number of nitrogens with zero attached hydrogens (tertiary/aromatic N) is 2. The molecule has 0 radical (unpaired) electrons. The fourth-order valence-electron chi connectivity index (χ4n) is 1.37. The molecule has 0 N–H and O–H groups in total. The van der Waals surface area contributed by atoms with Gasteiger partial charge in [-0.2, -0.15) is 0 Å². The zero-order valence-corrected chi connectivity index (χ0v) is 9.11. The van der Waals surface area contributed by atoms with Gasteiger partial charge in [0.25, 0.3) is 5.56 Å². The van der Waals surface area contributed by atoms with Crippen LogP contribution in [0.2, 0.25) is 0 Å². The first-order chi connectivity index (χ1) is 6.93. The lowest BCUT2D eigenvalue weighted by atomic mass is 10.1. The third-order valence-corrected chi connectivity index (χ3v) is 2.26. The fourth-order valence-corrected chi connectivity index (χ4v) is 1.37. The summed E-state index contributed by atoms with van der Waals surface area (Å²) in [6.07, 6.45) is 2.21. The predicted octanol–water partition coefficient (Wildman–Crippen LogP) is -0.394. The Hall–Kier alpha value is -1.65. The third-order valence-electron chi connectivity index (χ3n) is 2.26. The quantitative estimate of drug-likeness (QED) is 0.682. The van der Waals surface area contributed by atoms with Crippen molar-refractivity contribution in [2.45, 2.75) is 19.8 Å². The second-order valence-corrected chi connectivity index (χ2v) is 3.61. The molecule has 0 aromatic carbocycles. The lowest BCUT2D eigenvalue weighted by Gasteiger charge is -2.05. The van der Waals surface area contributed by atoms with E-state index in [0.717, 1.165) is 4.57 Å². The van der Waals surface area contributed by atoms with Crippen LogP contribution in [0.3, 0.4) is 0 Å². The van der Waals surface area contributed by atoms with Gasteiger partial charge in [0.1, 0.15) is 5.78 Å². The highest BCUT2D eigenvalue weighted by molar-refractivity contribution is 5.75. The van der Waals surface area contributed by atoms with Crippen LogP contribution in [0.25, 0.3) is 0 Å². The van der Waals surface area contributed by atoms with Crippen molar-refractivity contribution in [1.82, 2.24) is 9.13 Å². The van der Waals surface area contributed by atoms with E-state index in [-0.39, 0.29) is 17.0 Å². The molecule has 5 nitrogen and oxygen atoms in total. The first-order valence-electron chi connectivity index (χ1n) is 4.68. The number of hydrogen-bond donors (Lipinski definition) is 0. The van der Waals surface area contributed by atoms with Gasteiger partial charge in [-0.25, -0.2) is 4.79 Å². The largest absolute Gasteiger partial charge is 0.330 e. The van der Waals surface area contributed by atoms with Gasteiger partial charge >= 0.3 is 5.69 Å². The Morgan fingerprint density at radius 2 is 1.93 bits per heavy atom. The number of rotatable bonds is 3. The number of hydrogen-bond acceptors (Lipinski definition) is 3. The molecular formula is C10H14N2O3. The average Bonchev–Trinajstić information content (AvgIpc) is 2.18. The van der Waals surface area contributed by atoms with E-state index in [1.807, 2.05) is 0 Å². The van der Waals surface area contributed by atoms with Gasteiger partial charge in [-0.1, -0.05) is 0 Å². The summed E-state index contributed by atoms with van der Waals surface area (Å²) >= 11 is 0. The Balaban J connectivity index is 3.16. The summed E-state index contributed by atoms with van der Waals surface area (Å²) < 4.78 is 2.40. The zero-order valence-electron chi connectivity index (χ0n) is 9.11. The number of carbonyl (C=O) groups excluding carboxylic acids is 1. The molecule has 15 heavy (non-hydrogen) atoms. The summed E-state index contributed by atoms with van der Waals surface area (Å²) in [5, 5.41) is 0. The molecule has 0 aliphatic heterocycles. The van der Waals surface area contributed by atoms with E-state index in [1.165, 1.54) is 24.7 Å². The summed E-state index contributed by atoms with van der Waals surface area (Å²) in [5.41, 5.74) is -0.180. The van der Waals surface area contributed by atoms with E-state index in [4.69, 9.17) is 0 Å². The molecule has 0 bridgehead atoms. The smallest absolute Gasteiger partial charge is 0.303 e. The maximum atomic E-state index is 11.6. The van der Waals surface area contributed by atoms with Crippen molar-refractivity contribution < 1.29 is 4.79 Å². The number of carbonyl (C=O) groups is 1. The minimum absolute atomic E-state index is 0.0332. The average molecular weight is 210 g/mol. The van der Waals surface area contributed by atoms with E-state index in [1.54, 1.807) is 7.05 Å². The van der Waals surface area contributed by atoms with E-state index in [9.17, 15) is 14.4 Å². The molecule has 0 aliphatic rings. The Labute approximate surface area is 87.0 Å². The minimum Gasteiger partial charge on any atom is -0.303 e. The van der Waals surface area contributed by atoms with Crippen LogP contribution in [0.15, 0.2) is 15.8 Å². The van der Waals surface area contributed by atoms with Crippen LogP contribution in [0, 0.1) is 0 Å². The molecule has 0 amide bonds. The molecule has 1 aromatic rings. The van der Waals surface area contributed by atoms with Gasteiger partial charge in [0.15, 0.2) is 0 Å². The second-order valence-electron chi connectivity index (χ2n) is 3.61. The van der Waals surface area contributed by atoms with Crippen molar-refractivity contribution >= 4 is 5.78 Å². The normalized spacial score (nSPS) is 10.3. The minimum atomic E-state index is -0.355. The van der Waals surface area contributed by atoms with Gasteiger partial charge in [0, 0.05) is 32.3 Å². The molecule has 0 saturated heterocycles. The fraction of sp³-hybridized carbons (Fsp3) is 0.500. The number of aryl methyl sites for hydroxylation is 2. The van der Waals surface area contributed by atoms with Gasteiger partial charge in [-0.05, 0) is 13.3 Å². The van der Waals surface area contributed by atoms with E-state index in [0.29, 0.717) is 18.4 Å². The molecule has 0 saturated carbocycles. The molecule has 5 heteroatoms. The third kappa shape index (κ3) is 2.43. The first-order valence-corrected chi connectivity index (χ1v) is 4.68. The predicted molar refractivity (Wildman–Crippen MR) is 55.9 cm³/mol. The Morgan fingerprint density at radius 3 is 2.47 bits per heavy atom. The van der Waals surface area contributed by atoms with Crippen LogP contribution < -0.4 is 11.2 Å². The van der Waals surface area contributed by atoms with Gasteiger partial charge in [-0.3, -0.25) is 9.36 Å². The Morgan fingerprint density at radius 1 is 1.33 bits per heavy atom. The lowest BCUT2D eigenvalue weighted by molar-refractivity contribution is -0.116. The maximum Gasteiger partial charge on any atom is 0.330 e. The first kappa shape index (κ1) is 11.4. The van der Waals surface area contributed by atoms with Crippen molar-refractivity contribution in [2.75, 3.05) is 0 Å². The van der Waals surface area contributed by atoms with E-state index < -0.39 is 0 Å². The van der Waals surface area contributed by atoms with Gasteiger partial charge in [-0.15, -0.1) is 0 Å². The second kappa shape index (κ2) is 4.25. The monoisotopic (exact) mass is 210 g/mol. The van der Waals surface area contributed by atoms with Crippen LogP contribution in [0.4, 0.5) is 0 Å². The van der Waals surface area contributed by atoms with Crippen LogP contribution in [-0.2, 0) is 25.3 Å². The van der Waals surface area contributed by atoms with Crippen LogP contribution in [0.1, 0.15) is 18.9 Å². The molecule has 0 atom stereocenters. The van der Waals surface area contributed by atoms with Crippen molar-refractivity contribution in [3.05, 3.63) is 32.6 Å². The van der Waals surface area contributed by atoms with Crippen LogP contribution >= 0.6 is 0 Å². The molecule has 1 aromatic heterocycles. The molecule has 82 valence electrons. The van der Waals surface area contributed by atoms with E-state index in [2.05, 4.69) is 0 Å². The summed E-state index contributed by atoms with van der Waals surface area (Å²) in [5.74, 6) is 0.0332. The van der Waals surface area contributed by atoms with Crippen LogP contribution in [-0.4, -0.2) is 14.9 Å². The number of ketones is 1. The van der Waals surface area contributed by atoms with Gasteiger partial charge in [0.2, 0.25) is 0 Å². The van der Waals surface area contributed by atoms with Crippen molar-refractivity contribution in [3.63, 3.8) is 0 Å². The molecule has 0 spiro atoms. The molecule has 0 aliphatic carbocycles. The standard InChI is InChI=1S/C10H14N2O3/c1-7(13)4-5-8-6-11(2)10(15)12(3)9(8)14/h6H,4-5H2,1-3H3. The highest BCUT2D eigenvalue weighted by Gasteiger charge is 2.07. The molecule has 1 heterocycles. The highest BCUT2D eigenvalue weighted by atomic mass is 16.2. The Kier molecular flexibility index (Phi) is 3.24. The van der Waals surface area contributed by atoms with Crippen LogP contribution in [0.5, 0.6) is 0 Å².